The van der Waals surface area contributed by atoms with E-state index in [0.29, 0.717) is 12.4 Å². The number of carbonyl (C=O) groups is 1. The molecule has 0 aliphatic rings. The van der Waals surface area contributed by atoms with Crippen LogP contribution < -0.4 is 5.32 Å². The molecule has 20 heavy (non-hydrogen) atoms. The Labute approximate surface area is 118 Å². The third kappa shape index (κ3) is 3.38. The topological polar surface area (TPSA) is 67.2 Å². The van der Waals surface area contributed by atoms with Gasteiger partial charge in [0.1, 0.15) is 5.82 Å². The average molecular weight is 273 g/mol. The van der Waals surface area contributed by atoms with Gasteiger partial charge in [0, 0.05) is 11.5 Å². The van der Waals surface area contributed by atoms with Crippen LogP contribution in [0.3, 0.4) is 0 Å². The number of benzene rings is 1. The molecule has 0 saturated heterocycles. The van der Waals surface area contributed by atoms with E-state index < -0.39 is 6.09 Å². The molecule has 1 aromatic heterocycles. The standard InChI is InChI=1S/C15H19N3O2/c1-15(2,3)12-9-13(16-14(19)20)18(17-12)10-11-7-5-4-6-8-11/h4-9,16H,10H2,1-3H3,(H,19,20). The smallest absolute Gasteiger partial charge is 0.410 e. The summed E-state index contributed by atoms with van der Waals surface area (Å²) in [6, 6.07) is 11.6. The number of rotatable bonds is 3. The maximum absolute atomic E-state index is 10.9. The third-order valence-corrected chi connectivity index (χ3v) is 2.96. The molecule has 0 aliphatic heterocycles. The average Bonchev–Trinajstić information content (AvgIpc) is 2.73. The lowest BCUT2D eigenvalue weighted by molar-refractivity contribution is 0.209. The number of nitrogens with zero attached hydrogens (tertiary/aromatic N) is 2. The molecule has 0 fully saturated rings. The Morgan fingerprint density at radius 2 is 1.95 bits per heavy atom. The quantitative estimate of drug-likeness (QED) is 0.901. The van der Waals surface area contributed by atoms with Gasteiger partial charge < -0.3 is 5.11 Å². The van der Waals surface area contributed by atoms with Crippen molar-refractivity contribution in [2.75, 3.05) is 5.32 Å². The van der Waals surface area contributed by atoms with E-state index in [0.717, 1.165) is 11.3 Å². The molecule has 0 aliphatic carbocycles. The number of hydrogen-bond donors (Lipinski definition) is 2. The molecular formula is C15H19N3O2. The van der Waals surface area contributed by atoms with Gasteiger partial charge in [-0.1, -0.05) is 51.1 Å². The second-order valence-electron chi connectivity index (χ2n) is 5.74. The number of anilines is 1. The molecule has 0 spiro atoms. The summed E-state index contributed by atoms with van der Waals surface area (Å²) in [5.74, 6) is 0.492. The van der Waals surface area contributed by atoms with Crippen LogP contribution in [-0.4, -0.2) is 21.0 Å². The fourth-order valence-electron chi connectivity index (χ4n) is 1.87. The van der Waals surface area contributed by atoms with E-state index in [9.17, 15) is 4.79 Å². The Hall–Kier alpha value is -2.30. The molecule has 2 aromatic rings. The van der Waals surface area contributed by atoms with Crippen LogP contribution in [0.4, 0.5) is 10.6 Å². The molecule has 5 nitrogen and oxygen atoms in total. The van der Waals surface area contributed by atoms with Gasteiger partial charge in [0.15, 0.2) is 0 Å². The zero-order valence-electron chi connectivity index (χ0n) is 11.9. The molecule has 106 valence electrons. The number of carboxylic acid groups (broad SMARTS) is 1. The van der Waals surface area contributed by atoms with Gasteiger partial charge in [-0.05, 0) is 5.56 Å². The number of amides is 1. The lowest BCUT2D eigenvalue weighted by atomic mass is 9.92. The normalized spacial score (nSPS) is 11.3. The van der Waals surface area contributed by atoms with Gasteiger partial charge in [0.05, 0.1) is 12.2 Å². The van der Waals surface area contributed by atoms with Gasteiger partial charge >= 0.3 is 6.09 Å². The van der Waals surface area contributed by atoms with Crippen molar-refractivity contribution in [3.05, 3.63) is 47.7 Å². The molecule has 0 bridgehead atoms. The summed E-state index contributed by atoms with van der Waals surface area (Å²) in [6.45, 7) is 6.68. The van der Waals surface area contributed by atoms with Crippen molar-refractivity contribution in [3.8, 4) is 0 Å². The molecule has 2 rings (SSSR count). The summed E-state index contributed by atoms with van der Waals surface area (Å²) in [5.41, 5.74) is 1.80. The predicted molar refractivity (Wildman–Crippen MR) is 78.1 cm³/mol. The first-order valence-corrected chi connectivity index (χ1v) is 6.48. The van der Waals surface area contributed by atoms with Crippen molar-refractivity contribution in [1.29, 1.82) is 0 Å². The molecule has 0 unspecified atom stereocenters. The van der Waals surface area contributed by atoms with Gasteiger partial charge in [-0.25, -0.2) is 9.48 Å². The first kappa shape index (κ1) is 14.1. The molecule has 1 heterocycles. The predicted octanol–water partition coefficient (Wildman–Crippen LogP) is 3.32. The second kappa shape index (κ2) is 5.36. The monoisotopic (exact) mass is 273 g/mol. The molecule has 2 N–H and O–H groups in total. The minimum Gasteiger partial charge on any atom is -0.465 e. The van der Waals surface area contributed by atoms with E-state index in [1.807, 2.05) is 51.1 Å². The van der Waals surface area contributed by atoms with Crippen molar-refractivity contribution in [2.45, 2.75) is 32.7 Å². The number of aromatic nitrogens is 2. The van der Waals surface area contributed by atoms with Crippen LogP contribution in [0.2, 0.25) is 0 Å². The summed E-state index contributed by atoms with van der Waals surface area (Å²) in [5, 5.41) is 15.8. The van der Waals surface area contributed by atoms with Gasteiger partial charge in [-0.2, -0.15) is 5.10 Å². The van der Waals surface area contributed by atoms with Crippen LogP contribution >= 0.6 is 0 Å². The molecule has 0 saturated carbocycles. The Kier molecular flexibility index (Phi) is 3.79. The van der Waals surface area contributed by atoms with E-state index in [1.165, 1.54) is 0 Å². The SMILES string of the molecule is CC(C)(C)c1cc(NC(=O)O)n(Cc2ccccc2)n1. The van der Waals surface area contributed by atoms with E-state index >= 15 is 0 Å². The van der Waals surface area contributed by atoms with E-state index in [2.05, 4.69) is 10.4 Å². The van der Waals surface area contributed by atoms with Gasteiger partial charge in [0.25, 0.3) is 0 Å². The third-order valence-electron chi connectivity index (χ3n) is 2.96. The maximum atomic E-state index is 10.9. The van der Waals surface area contributed by atoms with E-state index in [4.69, 9.17) is 5.11 Å². The lowest BCUT2D eigenvalue weighted by Gasteiger charge is -2.14. The minimum absolute atomic E-state index is 0.128. The highest BCUT2D eigenvalue weighted by Crippen LogP contribution is 2.24. The summed E-state index contributed by atoms with van der Waals surface area (Å²) in [7, 11) is 0. The Morgan fingerprint density at radius 1 is 1.30 bits per heavy atom. The second-order valence-corrected chi connectivity index (χ2v) is 5.74. The minimum atomic E-state index is -1.08. The zero-order valence-corrected chi connectivity index (χ0v) is 11.9. The number of nitrogens with one attached hydrogen (secondary N) is 1. The van der Waals surface area contributed by atoms with Crippen molar-refractivity contribution < 1.29 is 9.90 Å². The molecular weight excluding hydrogens is 254 g/mol. The van der Waals surface area contributed by atoms with Crippen molar-refractivity contribution in [3.63, 3.8) is 0 Å². The van der Waals surface area contributed by atoms with Crippen LogP contribution in [0.5, 0.6) is 0 Å². The highest BCUT2D eigenvalue weighted by Gasteiger charge is 2.20. The Morgan fingerprint density at radius 3 is 2.50 bits per heavy atom. The van der Waals surface area contributed by atoms with Gasteiger partial charge in [0.2, 0.25) is 0 Å². The molecule has 1 amide bonds. The molecule has 1 aromatic carbocycles. The Balaban J connectivity index is 2.34. The highest BCUT2D eigenvalue weighted by molar-refractivity contribution is 5.81. The fraction of sp³-hybridized carbons (Fsp3) is 0.333. The Bertz CT molecular complexity index is 597. The van der Waals surface area contributed by atoms with Crippen molar-refractivity contribution >= 4 is 11.9 Å². The van der Waals surface area contributed by atoms with Gasteiger partial charge in [-0.3, -0.25) is 5.32 Å². The summed E-state index contributed by atoms with van der Waals surface area (Å²) >= 11 is 0. The van der Waals surface area contributed by atoms with Crippen LogP contribution in [0.15, 0.2) is 36.4 Å². The van der Waals surface area contributed by atoms with Gasteiger partial charge in [-0.15, -0.1) is 0 Å². The summed E-state index contributed by atoms with van der Waals surface area (Å²) in [6.07, 6.45) is -1.08. The first-order chi connectivity index (χ1) is 9.36. The lowest BCUT2D eigenvalue weighted by Crippen LogP contribution is -2.14. The molecule has 0 radical (unpaired) electrons. The van der Waals surface area contributed by atoms with Crippen LogP contribution in [0.25, 0.3) is 0 Å². The largest absolute Gasteiger partial charge is 0.465 e. The van der Waals surface area contributed by atoms with Crippen LogP contribution in [0, 0.1) is 0 Å². The van der Waals surface area contributed by atoms with E-state index in [-0.39, 0.29) is 5.41 Å². The summed E-state index contributed by atoms with van der Waals surface area (Å²) < 4.78 is 1.68. The number of hydrogen-bond acceptors (Lipinski definition) is 2. The van der Waals surface area contributed by atoms with Crippen molar-refractivity contribution in [2.24, 2.45) is 0 Å². The molecule has 5 heteroatoms. The highest BCUT2D eigenvalue weighted by atomic mass is 16.4. The first-order valence-electron chi connectivity index (χ1n) is 6.48. The zero-order chi connectivity index (χ0) is 14.8. The maximum Gasteiger partial charge on any atom is 0.410 e. The van der Waals surface area contributed by atoms with E-state index in [1.54, 1.807) is 10.7 Å². The summed E-state index contributed by atoms with van der Waals surface area (Å²) in [4.78, 5) is 10.9. The molecule has 0 atom stereocenters. The van der Waals surface area contributed by atoms with Crippen LogP contribution in [0.1, 0.15) is 32.0 Å². The van der Waals surface area contributed by atoms with Crippen molar-refractivity contribution in [1.82, 2.24) is 9.78 Å². The van der Waals surface area contributed by atoms with Crippen LogP contribution in [-0.2, 0) is 12.0 Å². The fourth-order valence-corrected chi connectivity index (χ4v) is 1.87.